The lowest BCUT2D eigenvalue weighted by atomic mass is 10.2. The second-order valence-electron chi connectivity index (χ2n) is 4.29. The minimum Gasteiger partial charge on any atom is -0.496 e. The number of para-hydroxylation sites is 1. The number of methoxy groups -OCH3 is 1. The van der Waals surface area contributed by atoms with E-state index in [2.05, 4.69) is 25.2 Å². The van der Waals surface area contributed by atoms with Crippen molar-refractivity contribution in [2.45, 2.75) is 37.2 Å². The molecule has 0 saturated heterocycles. The molecule has 0 spiro atoms. The Labute approximate surface area is 114 Å². The van der Waals surface area contributed by atoms with Gasteiger partial charge in [0.25, 0.3) is 0 Å². The average molecular weight is 264 g/mol. The third-order valence-corrected chi connectivity index (χ3v) is 3.51. The maximum Gasteiger partial charge on any atom is 0.132 e. The Morgan fingerprint density at radius 1 is 1.39 bits per heavy atom. The fourth-order valence-electron chi connectivity index (χ4n) is 1.61. The summed E-state index contributed by atoms with van der Waals surface area (Å²) < 4.78 is 5.29. The monoisotopic (exact) mass is 264 g/mol. The van der Waals surface area contributed by atoms with Crippen LogP contribution < -0.4 is 10.1 Å². The van der Waals surface area contributed by atoms with Crippen LogP contribution in [0.25, 0.3) is 0 Å². The lowest BCUT2D eigenvalue weighted by Crippen LogP contribution is -2.33. The largest absolute Gasteiger partial charge is 0.496 e. The molecule has 0 heterocycles. The Morgan fingerprint density at radius 2 is 2.11 bits per heavy atom. The maximum atomic E-state index is 9.03. The Hall–Kier alpha value is -1.18. The quantitative estimate of drug-likeness (QED) is 0.769. The van der Waals surface area contributed by atoms with Crippen molar-refractivity contribution >= 4 is 11.8 Å². The molecule has 18 heavy (non-hydrogen) atoms. The molecule has 1 N–H and O–H groups in total. The smallest absolute Gasteiger partial charge is 0.132 e. The zero-order valence-electron chi connectivity index (χ0n) is 11.1. The summed E-state index contributed by atoms with van der Waals surface area (Å²) >= 11 is 1.73. The van der Waals surface area contributed by atoms with Gasteiger partial charge in [-0.3, -0.25) is 5.32 Å². The van der Waals surface area contributed by atoms with Gasteiger partial charge in [-0.15, -0.1) is 11.8 Å². The molecule has 0 saturated carbocycles. The van der Waals surface area contributed by atoms with Gasteiger partial charge in [0.1, 0.15) is 5.75 Å². The van der Waals surface area contributed by atoms with E-state index in [0.29, 0.717) is 6.04 Å². The van der Waals surface area contributed by atoms with Crippen molar-refractivity contribution < 1.29 is 4.74 Å². The van der Waals surface area contributed by atoms with Crippen molar-refractivity contribution in [3.8, 4) is 11.8 Å². The van der Waals surface area contributed by atoms with Crippen LogP contribution in [0.4, 0.5) is 0 Å². The van der Waals surface area contributed by atoms with Crippen molar-refractivity contribution in [3.05, 3.63) is 24.3 Å². The summed E-state index contributed by atoms with van der Waals surface area (Å²) in [4.78, 5) is 1.13. The lowest BCUT2D eigenvalue weighted by molar-refractivity contribution is 0.405. The summed E-state index contributed by atoms with van der Waals surface area (Å²) in [5.41, 5.74) is 0. The van der Waals surface area contributed by atoms with Crippen molar-refractivity contribution in [1.82, 2.24) is 5.32 Å². The van der Waals surface area contributed by atoms with Crippen LogP contribution in [0.2, 0.25) is 0 Å². The summed E-state index contributed by atoms with van der Waals surface area (Å²) in [5, 5.41) is 12.3. The van der Waals surface area contributed by atoms with Gasteiger partial charge in [0.2, 0.25) is 0 Å². The van der Waals surface area contributed by atoms with Crippen LogP contribution in [0, 0.1) is 11.3 Å². The molecule has 1 unspecified atom stereocenters. The van der Waals surface area contributed by atoms with E-state index >= 15 is 0 Å². The molecule has 1 aromatic rings. The standard InChI is InChI=1S/C14H20N2OS/c1-11(2)16-12(10-15)8-9-18-14-7-5-4-6-13(14)17-3/h4-7,11-12,16H,8-9H2,1-3H3. The Bertz CT molecular complexity index is 401. The Balaban J connectivity index is 2.43. The summed E-state index contributed by atoms with van der Waals surface area (Å²) in [6.07, 6.45) is 0.831. The van der Waals surface area contributed by atoms with Crippen LogP contribution in [-0.2, 0) is 0 Å². The van der Waals surface area contributed by atoms with Crippen LogP contribution >= 0.6 is 11.8 Å². The molecule has 0 fully saturated rings. The molecule has 0 bridgehead atoms. The molecule has 0 radical (unpaired) electrons. The van der Waals surface area contributed by atoms with Crippen molar-refractivity contribution in [2.24, 2.45) is 0 Å². The first-order valence-electron chi connectivity index (χ1n) is 6.09. The van der Waals surface area contributed by atoms with E-state index < -0.39 is 0 Å². The number of rotatable bonds is 7. The van der Waals surface area contributed by atoms with E-state index in [0.717, 1.165) is 22.8 Å². The van der Waals surface area contributed by atoms with E-state index in [9.17, 15) is 0 Å². The minimum absolute atomic E-state index is 0.0767. The highest BCUT2D eigenvalue weighted by Gasteiger charge is 2.09. The van der Waals surface area contributed by atoms with E-state index in [4.69, 9.17) is 10.00 Å². The SMILES string of the molecule is COc1ccccc1SCCC(C#N)NC(C)C. The van der Waals surface area contributed by atoms with Gasteiger partial charge in [0, 0.05) is 16.7 Å². The van der Waals surface area contributed by atoms with Crippen molar-refractivity contribution in [3.63, 3.8) is 0 Å². The highest BCUT2D eigenvalue weighted by atomic mass is 32.2. The van der Waals surface area contributed by atoms with Gasteiger partial charge < -0.3 is 4.74 Å². The lowest BCUT2D eigenvalue weighted by Gasteiger charge is -2.14. The van der Waals surface area contributed by atoms with Crippen LogP contribution in [0.5, 0.6) is 5.75 Å². The van der Waals surface area contributed by atoms with Crippen molar-refractivity contribution in [2.75, 3.05) is 12.9 Å². The van der Waals surface area contributed by atoms with E-state index in [1.807, 2.05) is 24.3 Å². The number of nitrogens with one attached hydrogen (secondary N) is 1. The van der Waals surface area contributed by atoms with Crippen LogP contribution in [0.15, 0.2) is 29.2 Å². The number of nitriles is 1. The molecule has 0 aliphatic rings. The summed E-state index contributed by atoms with van der Waals surface area (Å²) in [6.45, 7) is 4.11. The highest BCUT2D eigenvalue weighted by molar-refractivity contribution is 7.99. The molecular formula is C14H20N2OS. The first-order valence-corrected chi connectivity index (χ1v) is 7.07. The third kappa shape index (κ3) is 4.99. The molecule has 0 aliphatic heterocycles. The highest BCUT2D eigenvalue weighted by Crippen LogP contribution is 2.29. The second-order valence-corrected chi connectivity index (χ2v) is 5.43. The molecule has 3 nitrogen and oxygen atoms in total. The molecule has 98 valence electrons. The fraction of sp³-hybridized carbons (Fsp3) is 0.500. The number of nitrogens with zero attached hydrogens (tertiary/aromatic N) is 1. The molecular weight excluding hydrogens is 244 g/mol. The zero-order valence-corrected chi connectivity index (χ0v) is 12.0. The molecule has 1 atom stereocenters. The topological polar surface area (TPSA) is 45.0 Å². The number of benzene rings is 1. The predicted molar refractivity (Wildman–Crippen MR) is 76.0 cm³/mol. The van der Waals surface area contributed by atoms with Gasteiger partial charge in [-0.05, 0) is 32.4 Å². The van der Waals surface area contributed by atoms with E-state index in [1.54, 1.807) is 18.9 Å². The Morgan fingerprint density at radius 3 is 2.72 bits per heavy atom. The molecule has 0 aromatic heterocycles. The molecule has 0 aliphatic carbocycles. The van der Waals surface area contributed by atoms with E-state index in [-0.39, 0.29) is 6.04 Å². The number of thioether (sulfide) groups is 1. The third-order valence-electron chi connectivity index (χ3n) is 2.42. The minimum atomic E-state index is -0.0767. The summed E-state index contributed by atoms with van der Waals surface area (Å²) in [7, 11) is 1.68. The Kier molecular flexibility index (Phi) is 6.63. The second kappa shape index (κ2) is 8.02. The first-order chi connectivity index (χ1) is 8.67. The zero-order chi connectivity index (χ0) is 13.4. The number of ether oxygens (including phenoxy) is 1. The molecule has 1 aromatic carbocycles. The van der Waals surface area contributed by atoms with E-state index in [1.165, 1.54) is 0 Å². The van der Waals surface area contributed by atoms with Crippen LogP contribution in [-0.4, -0.2) is 24.9 Å². The van der Waals surface area contributed by atoms with Crippen LogP contribution in [0.1, 0.15) is 20.3 Å². The predicted octanol–water partition coefficient (Wildman–Crippen LogP) is 3.07. The number of hydrogen-bond donors (Lipinski definition) is 1. The molecule has 0 amide bonds. The maximum absolute atomic E-state index is 9.03. The van der Waals surface area contributed by atoms with Gasteiger partial charge in [0.15, 0.2) is 0 Å². The van der Waals surface area contributed by atoms with Crippen molar-refractivity contribution in [1.29, 1.82) is 5.26 Å². The van der Waals surface area contributed by atoms with Gasteiger partial charge >= 0.3 is 0 Å². The fourth-order valence-corrected chi connectivity index (χ4v) is 2.65. The van der Waals surface area contributed by atoms with Gasteiger partial charge in [-0.2, -0.15) is 5.26 Å². The molecule has 4 heteroatoms. The average Bonchev–Trinajstić information content (AvgIpc) is 2.37. The van der Waals surface area contributed by atoms with Gasteiger partial charge in [0.05, 0.1) is 19.2 Å². The van der Waals surface area contributed by atoms with Gasteiger partial charge in [-0.25, -0.2) is 0 Å². The van der Waals surface area contributed by atoms with Gasteiger partial charge in [-0.1, -0.05) is 12.1 Å². The first kappa shape index (κ1) is 14.9. The van der Waals surface area contributed by atoms with Crippen LogP contribution in [0.3, 0.4) is 0 Å². The summed E-state index contributed by atoms with van der Waals surface area (Å²) in [6, 6.07) is 10.5. The summed E-state index contributed by atoms with van der Waals surface area (Å²) in [5.74, 6) is 1.80. The normalized spacial score (nSPS) is 12.2. The molecule has 1 rings (SSSR count). The number of hydrogen-bond acceptors (Lipinski definition) is 4.